The van der Waals surface area contributed by atoms with E-state index in [9.17, 15) is 4.79 Å². The molecule has 1 amide bonds. The summed E-state index contributed by atoms with van der Waals surface area (Å²) in [6.45, 7) is 13.9. The van der Waals surface area contributed by atoms with Crippen molar-refractivity contribution in [3.63, 3.8) is 0 Å². The average Bonchev–Trinajstić information content (AvgIpc) is 2.29. The predicted molar refractivity (Wildman–Crippen MR) is 77.0 cm³/mol. The van der Waals surface area contributed by atoms with Crippen LogP contribution >= 0.6 is 0 Å². The molecule has 0 unspecified atom stereocenters. The number of amides is 1. The first-order valence-electron chi connectivity index (χ1n) is 6.74. The normalized spacial score (nSPS) is 24.5. The van der Waals surface area contributed by atoms with Crippen molar-refractivity contribution in [3.8, 4) is 0 Å². The molecule has 2 nitrogen and oxygen atoms in total. The molecule has 1 aliphatic rings. The van der Waals surface area contributed by atoms with Crippen LogP contribution < -0.4 is 5.32 Å². The Hall–Kier alpha value is -1.31. The van der Waals surface area contributed by atoms with Gasteiger partial charge in [-0.3, -0.25) is 4.79 Å². The number of carbonyl (C=O) groups excluding carboxylic acids is 1. The van der Waals surface area contributed by atoms with Crippen molar-refractivity contribution in [2.24, 2.45) is 11.8 Å². The van der Waals surface area contributed by atoms with Crippen LogP contribution in [0, 0.1) is 11.8 Å². The zero-order chi connectivity index (χ0) is 13.7. The number of nitrogens with one attached hydrogen (secondary N) is 1. The van der Waals surface area contributed by atoms with E-state index in [1.54, 1.807) is 0 Å². The summed E-state index contributed by atoms with van der Waals surface area (Å²) < 4.78 is 0. The molecule has 1 saturated carbocycles. The molecule has 1 aliphatic carbocycles. The molecule has 0 radical (unpaired) electrons. The van der Waals surface area contributed by atoms with Gasteiger partial charge in [0.1, 0.15) is 0 Å². The smallest absolute Gasteiger partial charge is 0.227 e. The maximum Gasteiger partial charge on any atom is 0.227 e. The van der Waals surface area contributed by atoms with E-state index >= 15 is 0 Å². The minimum atomic E-state index is 0.123. The van der Waals surface area contributed by atoms with E-state index in [0.717, 1.165) is 42.7 Å². The fourth-order valence-corrected chi connectivity index (χ4v) is 2.20. The second-order valence-electron chi connectivity index (χ2n) is 5.58. The highest BCUT2D eigenvalue weighted by atomic mass is 16.1. The Kier molecular flexibility index (Phi) is 5.39. The Morgan fingerprint density at radius 1 is 1.17 bits per heavy atom. The van der Waals surface area contributed by atoms with E-state index in [-0.39, 0.29) is 11.8 Å². The molecule has 0 saturated heterocycles. The fraction of sp³-hybridized carbons (Fsp3) is 0.562. The summed E-state index contributed by atoms with van der Waals surface area (Å²) in [5.74, 6) is 1.05. The van der Waals surface area contributed by atoms with Crippen molar-refractivity contribution in [3.05, 3.63) is 36.1 Å². The van der Waals surface area contributed by atoms with Crippen LogP contribution in [-0.4, -0.2) is 5.91 Å². The van der Waals surface area contributed by atoms with E-state index < -0.39 is 0 Å². The Labute approximate surface area is 111 Å². The molecule has 0 aromatic heterocycles. The first-order chi connectivity index (χ1) is 8.40. The summed E-state index contributed by atoms with van der Waals surface area (Å²) in [5, 5.41) is 2.90. The van der Waals surface area contributed by atoms with Crippen LogP contribution in [0.2, 0.25) is 0 Å². The molecule has 100 valence electrons. The van der Waals surface area contributed by atoms with Gasteiger partial charge < -0.3 is 5.32 Å². The van der Waals surface area contributed by atoms with Crippen molar-refractivity contribution in [1.29, 1.82) is 0 Å². The van der Waals surface area contributed by atoms with Crippen molar-refractivity contribution >= 4 is 5.91 Å². The van der Waals surface area contributed by atoms with Gasteiger partial charge in [0, 0.05) is 11.6 Å². The summed E-state index contributed by atoms with van der Waals surface area (Å²) in [6, 6.07) is 0. The van der Waals surface area contributed by atoms with Gasteiger partial charge >= 0.3 is 0 Å². The van der Waals surface area contributed by atoms with E-state index in [1.165, 1.54) is 0 Å². The first-order valence-corrected chi connectivity index (χ1v) is 6.74. The quantitative estimate of drug-likeness (QED) is 0.748. The zero-order valence-electron chi connectivity index (χ0n) is 11.9. The number of hydrogen-bond acceptors (Lipinski definition) is 1. The van der Waals surface area contributed by atoms with Gasteiger partial charge in [-0.15, -0.1) is 0 Å². The maximum absolute atomic E-state index is 12.0. The summed E-state index contributed by atoms with van der Waals surface area (Å²) in [4.78, 5) is 12.0. The number of hydrogen-bond donors (Lipinski definition) is 1. The van der Waals surface area contributed by atoms with Gasteiger partial charge in [0.05, 0.1) is 0 Å². The van der Waals surface area contributed by atoms with Crippen LogP contribution in [0.3, 0.4) is 0 Å². The molecular weight excluding hydrogens is 222 g/mol. The molecule has 0 aliphatic heterocycles. The molecule has 18 heavy (non-hydrogen) atoms. The Morgan fingerprint density at radius 3 is 2.22 bits per heavy atom. The molecule has 0 atom stereocenters. The zero-order valence-corrected chi connectivity index (χ0v) is 11.9. The SMILES string of the molecule is C=C(/C=C(/C)C(=C)C)NC(=O)C1CCC(C)CC1. The van der Waals surface area contributed by atoms with Crippen molar-refractivity contribution in [2.45, 2.75) is 46.5 Å². The van der Waals surface area contributed by atoms with Gasteiger partial charge in [0.15, 0.2) is 0 Å². The minimum absolute atomic E-state index is 0.123. The minimum Gasteiger partial charge on any atom is -0.326 e. The van der Waals surface area contributed by atoms with Crippen molar-refractivity contribution in [1.82, 2.24) is 5.32 Å². The molecule has 0 spiro atoms. The van der Waals surface area contributed by atoms with Crippen LogP contribution in [0.15, 0.2) is 36.1 Å². The van der Waals surface area contributed by atoms with Crippen molar-refractivity contribution < 1.29 is 4.79 Å². The van der Waals surface area contributed by atoms with Crippen LogP contribution in [0.5, 0.6) is 0 Å². The van der Waals surface area contributed by atoms with E-state index in [1.807, 2.05) is 19.9 Å². The lowest BCUT2D eigenvalue weighted by Crippen LogP contribution is -2.31. The summed E-state index contributed by atoms with van der Waals surface area (Å²) in [7, 11) is 0. The molecule has 0 aromatic carbocycles. The Balaban J connectivity index is 2.47. The average molecular weight is 247 g/mol. The highest BCUT2D eigenvalue weighted by Gasteiger charge is 2.24. The third kappa shape index (κ3) is 4.52. The summed E-state index contributed by atoms with van der Waals surface area (Å²) >= 11 is 0. The van der Waals surface area contributed by atoms with Gasteiger partial charge in [-0.1, -0.05) is 25.7 Å². The number of carbonyl (C=O) groups is 1. The summed E-state index contributed by atoms with van der Waals surface area (Å²) in [5.41, 5.74) is 2.72. The van der Waals surface area contributed by atoms with Gasteiger partial charge in [0.25, 0.3) is 0 Å². The van der Waals surface area contributed by atoms with Crippen LogP contribution in [0.4, 0.5) is 0 Å². The number of rotatable bonds is 4. The molecule has 1 rings (SSSR count). The van der Waals surface area contributed by atoms with Crippen LogP contribution in [0.25, 0.3) is 0 Å². The largest absolute Gasteiger partial charge is 0.326 e. The van der Waals surface area contributed by atoms with Gasteiger partial charge in [0.2, 0.25) is 5.91 Å². The number of allylic oxidation sites excluding steroid dienone is 3. The molecule has 1 N–H and O–H groups in total. The molecule has 0 bridgehead atoms. The Morgan fingerprint density at radius 2 is 1.72 bits per heavy atom. The highest BCUT2D eigenvalue weighted by molar-refractivity contribution is 5.80. The lowest BCUT2D eigenvalue weighted by Gasteiger charge is -2.25. The molecule has 0 aromatic rings. The van der Waals surface area contributed by atoms with Crippen LogP contribution in [-0.2, 0) is 4.79 Å². The topological polar surface area (TPSA) is 29.1 Å². The first kappa shape index (κ1) is 14.7. The molecule has 0 heterocycles. The molecular formula is C16H25NO. The van der Waals surface area contributed by atoms with Crippen molar-refractivity contribution in [2.75, 3.05) is 0 Å². The predicted octanol–water partition coefficient (Wildman–Crippen LogP) is 3.97. The van der Waals surface area contributed by atoms with Gasteiger partial charge in [-0.25, -0.2) is 0 Å². The lowest BCUT2D eigenvalue weighted by molar-refractivity contribution is -0.125. The van der Waals surface area contributed by atoms with Gasteiger partial charge in [-0.2, -0.15) is 0 Å². The third-order valence-corrected chi connectivity index (χ3v) is 3.73. The summed E-state index contributed by atoms with van der Waals surface area (Å²) in [6.07, 6.45) is 6.20. The van der Waals surface area contributed by atoms with E-state index in [4.69, 9.17) is 0 Å². The fourth-order valence-electron chi connectivity index (χ4n) is 2.20. The maximum atomic E-state index is 12.0. The Bertz CT molecular complexity index is 371. The highest BCUT2D eigenvalue weighted by Crippen LogP contribution is 2.28. The second-order valence-corrected chi connectivity index (χ2v) is 5.58. The van der Waals surface area contributed by atoms with Gasteiger partial charge in [-0.05, 0) is 57.1 Å². The standard InChI is InChI=1S/C16H25NO/c1-11(2)13(4)10-14(5)17-16(18)15-8-6-12(3)7-9-15/h10,12,15H,1,5-9H2,2-4H3,(H,17,18)/b13-10-. The van der Waals surface area contributed by atoms with Crippen LogP contribution in [0.1, 0.15) is 46.5 Å². The second kappa shape index (κ2) is 6.58. The molecule has 1 fully saturated rings. The van der Waals surface area contributed by atoms with E-state index in [2.05, 4.69) is 25.4 Å². The molecule has 2 heteroatoms. The monoisotopic (exact) mass is 247 g/mol. The lowest BCUT2D eigenvalue weighted by atomic mass is 9.82. The third-order valence-electron chi connectivity index (χ3n) is 3.73. The van der Waals surface area contributed by atoms with E-state index in [0.29, 0.717) is 5.70 Å².